The van der Waals surface area contributed by atoms with Crippen LogP contribution in [-0.2, 0) is 26.2 Å². The van der Waals surface area contributed by atoms with Gasteiger partial charge in [-0.2, -0.15) is 0 Å². The molecule has 4 rings (SSSR count). The number of nitrogens with zero attached hydrogens (tertiary/aromatic N) is 1. The van der Waals surface area contributed by atoms with Gasteiger partial charge >= 0.3 is 0 Å². The number of benzene rings is 2. The summed E-state index contributed by atoms with van der Waals surface area (Å²) >= 11 is 6.28. The van der Waals surface area contributed by atoms with Crippen molar-refractivity contribution in [3.63, 3.8) is 0 Å². The van der Waals surface area contributed by atoms with Gasteiger partial charge in [0, 0.05) is 18.7 Å². The average molecular weight is 491 g/mol. The highest BCUT2D eigenvalue weighted by Crippen LogP contribution is 2.31. The van der Waals surface area contributed by atoms with Gasteiger partial charge in [-0.25, -0.2) is 8.42 Å². The molecule has 1 fully saturated rings. The standard InChI is InChI=1S/C21H19ClN4O6S/c1-23-10-11-3-2-4-16(18(11)22)33(31,32)25-12-5-6-13-14(9-12)21(30)26(20(13)29)15-7-8-17(27)24-19(15)28/h2-6,9,15,23,25H,7-8,10H2,1H3,(H,24,27,28). The molecular formula is C21H19ClN4O6S. The van der Waals surface area contributed by atoms with E-state index in [4.69, 9.17) is 11.6 Å². The first-order valence-electron chi connectivity index (χ1n) is 9.94. The number of carbonyl (C=O) groups is 4. The maximum absolute atomic E-state index is 12.9. The first-order valence-corrected chi connectivity index (χ1v) is 11.8. The SMILES string of the molecule is CNCc1cccc(S(=O)(=O)Nc2ccc3c(c2)C(=O)N(C2CCC(=O)NC2=O)C3=O)c1Cl. The molecule has 0 bridgehead atoms. The molecular weight excluding hydrogens is 472 g/mol. The molecule has 0 radical (unpaired) electrons. The summed E-state index contributed by atoms with van der Waals surface area (Å²) in [5.74, 6) is -2.61. The second-order valence-corrected chi connectivity index (χ2v) is 9.60. The smallest absolute Gasteiger partial charge is 0.263 e. The normalized spacial score (nSPS) is 18.4. The summed E-state index contributed by atoms with van der Waals surface area (Å²) in [4.78, 5) is 49.9. The van der Waals surface area contributed by atoms with Crippen LogP contribution >= 0.6 is 11.6 Å². The third-order valence-corrected chi connectivity index (χ3v) is 7.37. The Bertz CT molecular complexity index is 1310. The van der Waals surface area contributed by atoms with Crippen molar-refractivity contribution in [1.29, 1.82) is 0 Å². The van der Waals surface area contributed by atoms with Crippen LogP contribution in [0.25, 0.3) is 0 Å². The Morgan fingerprint density at radius 1 is 1.09 bits per heavy atom. The van der Waals surface area contributed by atoms with E-state index in [0.29, 0.717) is 12.1 Å². The van der Waals surface area contributed by atoms with Gasteiger partial charge in [-0.15, -0.1) is 0 Å². The minimum Gasteiger partial charge on any atom is -0.316 e. The van der Waals surface area contributed by atoms with Crippen molar-refractivity contribution < 1.29 is 27.6 Å². The molecule has 33 heavy (non-hydrogen) atoms. The number of rotatable bonds is 6. The Balaban J connectivity index is 1.62. The fourth-order valence-electron chi connectivity index (χ4n) is 3.84. The lowest BCUT2D eigenvalue weighted by atomic mass is 10.0. The van der Waals surface area contributed by atoms with E-state index in [1.807, 2.05) is 0 Å². The Labute approximate surface area is 194 Å². The number of amides is 4. The van der Waals surface area contributed by atoms with E-state index in [1.54, 1.807) is 19.2 Å². The van der Waals surface area contributed by atoms with Gasteiger partial charge in [-0.05, 0) is 43.3 Å². The highest BCUT2D eigenvalue weighted by atomic mass is 35.5. The van der Waals surface area contributed by atoms with Crippen LogP contribution in [0.3, 0.4) is 0 Å². The molecule has 1 saturated heterocycles. The number of piperidine rings is 1. The van der Waals surface area contributed by atoms with Crippen LogP contribution in [-0.4, -0.2) is 50.0 Å². The number of imide groups is 2. The zero-order valence-electron chi connectivity index (χ0n) is 17.3. The van der Waals surface area contributed by atoms with E-state index >= 15 is 0 Å². The van der Waals surface area contributed by atoms with Crippen molar-refractivity contribution in [3.8, 4) is 0 Å². The second-order valence-electron chi connectivity index (χ2n) is 7.57. The topological polar surface area (TPSA) is 142 Å². The van der Waals surface area contributed by atoms with Gasteiger partial charge in [-0.3, -0.25) is 34.1 Å². The fraction of sp³-hybridized carbons (Fsp3) is 0.238. The minimum absolute atomic E-state index is 0.00222. The maximum atomic E-state index is 12.9. The van der Waals surface area contributed by atoms with Crippen LogP contribution in [0.2, 0.25) is 5.02 Å². The van der Waals surface area contributed by atoms with Crippen molar-refractivity contribution in [1.82, 2.24) is 15.5 Å². The van der Waals surface area contributed by atoms with Crippen LogP contribution in [0.4, 0.5) is 5.69 Å². The molecule has 172 valence electrons. The van der Waals surface area contributed by atoms with Gasteiger partial charge < -0.3 is 5.32 Å². The summed E-state index contributed by atoms with van der Waals surface area (Å²) < 4.78 is 28.3. The third-order valence-electron chi connectivity index (χ3n) is 5.39. The van der Waals surface area contributed by atoms with Crippen molar-refractivity contribution in [3.05, 3.63) is 58.1 Å². The molecule has 1 unspecified atom stereocenters. The molecule has 2 aromatic rings. The second kappa shape index (κ2) is 8.58. The van der Waals surface area contributed by atoms with Crippen LogP contribution in [0.1, 0.15) is 39.1 Å². The predicted molar refractivity (Wildman–Crippen MR) is 118 cm³/mol. The van der Waals surface area contributed by atoms with Gasteiger partial charge in [0.15, 0.2) is 0 Å². The molecule has 2 aliphatic heterocycles. The van der Waals surface area contributed by atoms with Crippen LogP contribution < -0.4 is 15.4 Å². The van der Waals surface area contributed by atoms with E-state index in [0.717, 1.165) is 4.90 Å². The number of anilines is 1. The molecule has 10 nitrogen and oxygen atoms in total. The number of fused-ring (bicyclic) bond motifs is 1. The molecule has 2 heterocycles. The molecule has 12 heteroatoms. The van der Waals surface area contributed by atoms with Crippen LogP contribution in [0, 0.1) is 0 Å². The van der Waals surface area contributed by atoms with Crippen molar-refractivity contribution in [2.75, 3.05) is 11.8 Å². The number of hydrogen-bond donors (Lipinski definition) is 3. The molecule has 2 aromatic carbocycles. The third kappa shape index (κ3) is 4.10. The monoisotopic (exact) mass is 490 g/mol. The van der Waals surface area contributed by atoms with Crippen LogP contribution in [0.15, 0.2) is 41.3 Å². The first kappa shape index (κ1) is 22.9. The molecule has 0 aliphatic carbocycles. The molecule has 0 saturated carbocycles. The highest BCUT2D eigenvalue weighted by Gasteiger charge is 2.44. The van der Waals surface area contributed by atoms with Gasteiger partial charge in [-0.1, -0.05) is 23.7 Å². The van der Waals surface area contributed by atoms with Gasteiger partial charge in [0.1, 0.15) is 10.9 Å². The lowest BCUT2D eigenvalue weighted by molar-refractivity contribution is -0.136. The summed E-state index contributed by atoms with van der Waals surface area (Å²) in [6.45, 7) is 0.369. The Hall–Kier alpha value is -3.28. The predicted octanol–water partition coefficient (Wildman–Crippen LogP) is 1.26. The van der Waals surface area contributed by atoms with Gasteiger partial charge in [0.25, 0.3) is 21.8 Å². The Kier molecular flexibility index (Phi) is 5.95. The zero-order chi connectivity index (χ0) is 23.9. The van der Waals surface area contributed by atoms with Crippen molar-refractivity contribution in [2.45, 2.75) is 30.3 Å². The minimum atomic E-state index is -4.10. The number of halogens is 1. The molecule has 0 spiro atoms. The van der Waals surface area contributed by atoms with E-state index < -0.39 is 39.7 Å². The highest BCUT2D eigenvalue weighted by molar-refractivity contribution is 7.92. The summed E-state index contributed by atoms with van der Waals surface area (Å²) in [6.07, 6.45) is 0.0271. The van der Waals surface area contributed by atoms with E-state index in [1.165, 1.54) is 24.3 Å². The lowest BCUT2D eigenvalue weighted by Gasteiger charge is -2.27. The molecule has 3 N–H and O–H groups in total. The number of hydrogen-bond acceptors (Lipinski definition) is 7. The van der Waals surface area contributed by atoms with Crippen molar-refractivity contribution >= 4 is 50.9 Å². The summed E-state index contributed by atoms with van der Waals surface area (Å²) in [5.41, 5.74) is 0.647. The van der Waals surface area contributed by atoms with E-state index in [9.17, 15) is 27.6 Å². The van der Waals surface area contributed by atoms with E-state index in [-0.39, 0.29) is 39.6 Å². The number of sulfonamides is 1. The van der Waals surface area contributed by atoms with Gasteiger partial charge in [0.2, 0.25) is 11.8 Å². The largest absolute Gasteiger partial charge is 0.316 e. The summed E-state index contributed by atoms with van der Waals surface area (Å²) in [7, 11) is -2.40. The molecule has 1 atom stereocenters. The Morgan fingerprint density at radius 3 is 2.52 bits per heavy atom. The molecule has 0 aromatic heterocycles. The average Bonchev–Trinajstić information content (AvgIpc) is 2.99. The van der Waals surface area contributed by atoms with Crippen molar-refractivity contribution in [2.24, 2.45) is 0 Å². The lowest BCUT2D eigenvalue weighted by Crippen LogP contribution is -2.54. The first-order chi connectivity index (χ1) is 15.6. The molecule has 4 amide bonds. The summed E-state index contributed by atoms with van der Waals surface area (Å²) in [6, 6.07) is 7.42. The Morgan fingerprint density at radius 2 is 1.82 bits per heavy atom. The molecule has 2 aliphatic rings. The summed E-state index contributed by atoms with van der Waals surface area (Å²) in [5, 5.41) is 5.09. The zero-order valence-corrected chi connectivity index (χ0v) is 18.9. The van der Waals surface area contributed by atoms with Crippen LogP contribution in [0.5, 0.6) is 0 Å². The quantitative estimate of drug-likeness (QED) is 0.517. The maximum Gasteiger partial charge on any atom is 0.263 e. The van der Waals surface area contributed by atoms with Gasteiger partial charge in [0.05, 0.1) is 16.1 Å². The number of carbonyl (C=O) groups excluding carboxylic acids is 4. The number of nitrogens with one attached hydrogen (secondary N) is 3. The van der Waals surface area contributed by atoms with E-state index in [2.05, 4.69) is 15.4 Å². The fourth-order valence-corrected chi connectivity index (χ4v) is 5.50.